The van der Waals surface area contributed by atoms with E-state index in [1.54, 1.807) is 0 Å². The van der Waals surface area contributed by atoms with Gasteiger partial charge in [-0.05, 0) is 98.3 Å². The van der Waals surface area contributed by atoms with Gasteiger partial charge >= 0.3 is 16.2 Å². The summed E-state index contributed by atoms with van der Waals surface area (Å²) in [5.74, 6) is -7.06. The monoisotopic (exact) mass is 1660 g/mol. The third kappa shape index (κ3) is 17.8. The zero-order chi connectivity index (χ0) is 77.2. The minimum Gasteiger partial charge on any atom is -0.494 e. The molecule has 105 heavy (non-hydrogen) atoms. The number of azo groups is 1. The third-order valence-electron chi connectivity index (χ3n) is 14.0. The Balaban J connectivity index is 0.905. The highest BCUT2D eigenvalue weighted by molar-refractivity contribution is 8.19. The predicted octanol–water partition coefficient (Wildman–Crippen LogP) is 9.51. The molecular weight excluding hydrogens is 1610 g/mol. The van der Waals surface area contributed by atoms with E-state index in [2.05, 4.69) is 99.4 Å². The first-order valence-corrected chi connectivity index (χ1v) is 39.6. The minimum absolute atomic E-state index is 0.116. The summed E-state index contributed by atoms with van der Waals surface area (Å²) < 4.78 is 259. The Morgan fingerprint density at radius 3 is 2.02 bits per heavy atom. The van der Waals surface area contributed by atoms with Gasteiger partial charge in [-0.3, -0.25) is 41.2 Å². The molecule has 0 saturated carbocycles. The molecule has 5 heterocycles. The number of nitrogens with zero attached hydrogens (tertiary/aromatic N) is 11. The average Bonchev–Trinajstić information content (AvgIpc) is 0.704. The third-order valence-corrected chi connectivity index (χ3v) is 21.0. The second-order valence-electron chi connectivity index (χ2n) is 21.4. The Labute approximate surface area is 606 Å². The number of anilines is 9. The van der Waals surface area contributed by atoms with Crippen molar-refractivity contribution in [3.63, 3.8) is 0 Å². The minimum atomic E-state index is -5.57. The molecule has 53 heteroatoms. The van der Waals surface area contributed by atoms with E-state index in [1.807, 2.05) is 0 Å². The number of aromatic hydroxyl groups is 1. The Hall–Kier alpha value is -9.40. The molecule has 0 spiro atoms. The summed E-state index contributed by atoms with van der Waals surface area (Å²) >= 11 is 15.2. The number of pyridine rings is 1. The van der Waals surface area contributed by atoms with Crippen molar-refractivity contribution in [1.29, 1.82) is 0 Å². The van der Waals surface area contributed by atoms with Crippen LogP contribution < -0.4 is 47.6 Å². The lowest BCUT2D eigenvalue weighted by Crippen LogP contribution is -2.27. The molecule has 7 aromatic rings. The fourth-order valence-corrected chi connectivity index (χ4v) is 15.0. The fourth-order valence-electron chi connectivity index (χ4n) is 9.64. The Morgan fingerprint density at radius 2 is 1.39 bits per heavy atom. The number of hydrogen-bond acceptors (Lipinski definition) is 37. The highest BCUT2D eigenvalue weighted by atomic mass is 35.5. The van der Waals surface area contributed by atoms with Gasteiger partial charge in [0.15, 0.2) is 54.0 Å². The van der Waals surface area contributed by atoms with Gasteiger partial charge in [0, 0.05) is 42.3 Å². The van der Waals surface area contributed by atoms with E-state index in [0.29, 0.717) is 16.7 Å². The van der Waals surface area contributed by atoms with Crippen LogP contribution in [-0.2, 0) is 66.8 Å². The van der Waals surface area contributed by atoms with Crippen LogP contribution in [0.4, 0.5) is 68.0 Å². The standard InChI is InChI=1S/C52H47Cl3FN17O25S7/c1-5-99(76,77)24-8-6-23(7-9-24)61-51-68-48(56)67-49(69-51)57-14-15-73-45(74)25(19-100(78,79)80)21(3)36(46(73)75)72-71-31-16-30(32(101(81,82)83)17-33(31)102(84,85)86)64-52-66-47(55)65-50(70-52)59-20(2)18-58-28-12-10-26-39(43(28)103(87,88)89)96-41-34(53)38-42(35(54)37(41)62-26)97-40-27(63-38)11-13-29(44(40)104(90,91)92)60-22(4)98-105(93,94)95/h5-13,16-17,20,58,62,74,81-83,93-95H,1,4,14-15,18-19H2,2-3H3,(H,78,79,80)(H,84,85,86)(H,87,88,89)(H,90,91,92)(H2,57,61,67,68,69)(H2,59,64,65,66,70). The molecule has 0 bridgehead atoms. The maximum Gasteiger partial charge on any atom is 0.315 e. The largest absolute Gasteiger partial charge is 0.494 e. The topological polar surface area (TPSA) is 646 Å². The van der Waals surface area contributed by atoms with Crippen LogP contribution in [0.3, 0.4) is 0 Å². The Kier molecular flexibility index (Phi) is 21.7. The zero-order valence-corrected chi connectivity index (χ0v) is 60.1. The number of aromatic nitrogens is 8. The van der Waals surface area contributed by atoms with Crippen LogP contribution in [0.5, 0.6) is 17.4 Å². The van der Waals surface area contributed by atoms with Crippen LogP contribution in [0.15, 0.2) is 134 Å². The molecule has 3 aromatic heterocycles. The molecule has 560 valence electrons. The van der Waals surface area contributed by atoms with Crippen LogP contribution in [0.1, 0.15) is 18.1 Å². The summed E-state index contributed by atoms with van der Waals surface area (Å²) in [4.78, 5) is 40.7. The summed E-state index contributed by atoms with van der Waals surface area (Å²) in [6, 6.07) is 9.45. The van der Waals surface area contributed by atoms with Gasteiger partial charge in [-0.25, -0.2) is 18.4 Å². The van der Waals surface area contributed by atoms with E-state index in [4.69, 9.17) is 44.0 Å². The number of ether oxygens (including phenoxy) is 1. The highest BCUT2D eigenvalue weighted by Crippen LogP contribution is 2.56. The first kappa shape index (κ1) is 78.2. The molecule has 1 aliphatic carbocycles. The second kappa shape index (κ2) is 29.2. The number of rotatable bonds is 26. The quantitative estimate of drug-likeness (QED) is 0.0104. The van der Waals surface area contributed by atoms with Gasteiger partial charge in [-0.1, -0.05) is 29.8 Å². The van der Waals surface area contributed by atoms with Gasteiger partial charge in [0.25, 0.3) is 47.1 Å². The van der Waals surface area contributed by atoms with Gasteiger partial charge in [-0.15, -0.1) is 10.2 Å². The second-order valence-corrected chi connectivity index (χ2v) is 32.5. The summed E-state index contributed by atoms with van der Waals surface area (Å²) in [7, 11) is -30.1. The number of fused-ring (bicyclic) bond motifs is 4. The number of halogens is 4. The van der Waals surface area contributed by atoms with Crippen LogP contribution in [0.25, 0.3) is 22.6 Å². The lowest BCUT2D eigenvalue weighted by molar-refractivity contribution is 0.246. The first-order valence-electron chi connectivity index (χ1n) is 28.0. The molecule has 2 aliphatic heterocycles. The van der Waals surface area contributed by atoms with E-state index in [9.17, 15) is 102 Å². The molecule has 17 N–H and O–H groups in total. The first-order chi connectivity index (χ1) is 48.7. The van der Waals surface area contributed by atoms with E-state index in [0.717, 1.165) is 30.5 Å². The van der Waals surface area contributed by atoms with E-state index in [1.165, 1.54) is 37.3 Å². The van der Waals surface area contributed by atoms with Crippen molar-refractivity contribution in [3.8, 4) is 28.8 Å². The summed E-state index contributed by atoms with van der Waals surface area (Å²) in [5.41, 5.74) is -6.82. The van der Waals surface area contributed by atoms with E-state index in [-0.39, 0.29) is 45.4 Å². The number of sulfone groups is 1. The van der Waals surface area contributed by atoms with Crippen molar-refractivity contribution in [2.75, 3.05) is 45.0 Å². The van der Waals surface area contributed by atoms with Crippen molar-refractivity contribution < 1.29 is 110 Å². The van der Waals surface area contributed by atoms with Gasteiger partial charge in [0.2, 0.25) is 35.0 Å². The lowest BCUT2D eigenvalue weighted by atomic mass is 10.1. The molecule has 1 atom stereocenters. The normalized spacial score (nSPS) is 13.7. The predicted molar refractivity (Wildman–Crippen MR) is 373 cm³/mol. The van der Waals surface area contributed by atoms with Crippen molar-refractivity contribution in [2.45, 2.75) is 56.7 Å². The van der Waals surface area contributed by atoms with Crippen molar-refractivity contribution >= 4 is 182 Å². The van der Waals surface area contributed by atoms with Gasteiger partial charge in [-0.2, -0.15) is 68.0 Å². The highest BCUT2D eigenvalue weighted by Gasteiger charge is 2.36. The SMILES string of the molecule is C=CS(=O)(=O)c1ccc(Nc2nc(F)nc(NCCn3c(O)c(CS(=O)(=O)O)c(C)c(N=Nc4cc(Nc5nc(Cl)nc(NC(C)CNc6ccc7c(c6S(=O)(=O)O)Oc6c(c(Cl)c8oc9c(S(=O)(=O)O)c(=NC(=C)OS(O)(O)O)ccc-9nc8c6Cl)N7)n5)c(S(O)(O)O)cc4S(=O)(=O)O)c3=O)n2)cc1. The Bertz CT molecular complexity index is 5880. The van der Waals surface area contributed by atoms with Gasteiger partial charge in [0.1, 0.15) is 54.1 Å². The molecule has 0 amide bonds. The lowest BCUT2D eigenvalue weighted by Gasteiger charge is -2.27. The molecule has 0 radical (unpaired) electrons. The average molecular weight is 1660 g/mol. The molecule has 3 aliphatic rings. The van der Waals surface area contributed by atoms with Gasteiger partial charge < -0.3 is 64.0 Å². The van der Waals surface area contributed by atoms with Crippen molar-refractivity contribution in [3.05, 3.63) is 133 Å². The Morgan fingerprint density at radius 1 is 0.743 bits per heavy atom. The maximum absolute atomic E-state index is 14.7. The molecule has 0 fully saturated rings. The summed E-state index contributed by atoms with van der Waals surface area (Å²) in [5, 5.41) is 33.5. The molecule has 10 rings (SSSR count). The number of nitrogens with one attached hydrogen (secondary N) is 6. The van der Waals surface area contributed by atoms with Crippen LogP contribution >= 0.6 is 56.8 Å². The van der Waals surface area contributed by atoms with Gasteiger partial charge in [0.05, 0.1) is 32.2 Å². The summed E-state index contributed by atoms with van der Waals surface area (Å²) in [6.07, 6.45) is -1.35. The maximum atomic E-state index is 14.7. The van der Waals surface area contributed by atoms with E-state index < -0.39 is 236 Å². The van der Waals surface area contributed by atoms with Crippen LogP contribution in [0, 0.1) is 13.0 Å². The number of benzene rings is 5. The fraction of sp³-hybridized carbons (Fsp3) is 0.135. The van der Waals surface area contributed by atoms with Crippen molar-refractivity contribution in [2.24, 2.45) is 15.2 Å². The van der Waals surface area contributed by atoms with Crippen molar-refractivity contribution in [1.82, 2.24) is 39.5 Å². The van der Waals surface area contributed by atoms with Crippen LogP contribution in [0.2, 0.25) is 15.3 Å². The molecule has 1 unspecified atom stereocenters. The molecular formula is C52H47Cl3FN17O25S7. The molecule has 4 aromatic carbocycles. The molecule has 0 saturated heterocycles. The summed E-state index contributed by atoms with van der Waals surface area (Å²) in [6.45, 7) is 7.49. The van der Waals surface area contributed by atoms with Crippen LogP contribution in [-0.4, -0.2) is 151 Å². The van der Waals surface area contributed by atoms with E-state index >= 15 is 0 Å². The zero-order valence-electron chi connectivity index (χ0n) is 52.1. The molecule has 42 nitrogen and oxygen atoms in total. The smallest absolute Gasteiger partial charge is 0.315 e. The number of hydrogen-bond donors (Lipinski definition) is 17.